The lowest BCUT2D eigenvalue weighted by atomic mass is 10.0. The van der Waals surface area contributed by atoms with Crippen LogP contribution in [0.1, 0.15) is 69.9 Å². The van der Waals surface area contributed by atoms with Crippen LogP contribution in [0.4, 0.5) is 0 Å². The molecule has 0 radical (unpaired) electrons. The predicted octanol–water partition coefficient (Wildman–Crippen LogP) is 3.83. The first-order valence-corrected chi connectivity index (χ1v) is 14.9. The van der Waals surface area contributed by atoms with Gasteiger partial charge in [-0.15, -0.1) is 0 Å². The molecule has 2 heterocycles. The Kier molecular flexibility index (Phi) is 8.83. The molecule has 2 unspecified atom stereocenters. The summed E-state index contributed by atoms with van der Waals surface area (Å²) < 4.78 is 28.3. The predicted molar refractivity (Wildman–Crippen MR) is 148 cm³/mol. The van der Waals surface area contributed by atoms with Gasteiger partial charge >= 0.3 is 0 Å². The van der Waals surface area contributed by atoms with Gasteiger partial charge in [0.1, 0.15) is 11.9 Å². The number of imidazole rings is 1. The first-order chi connectivity index (χ1) is 18.1. The summed E-state index contributed by atoms with van der Waals surface area (Å²) in [7, 11) is -3.78. The Balaban J connectivity index is 1.51. The molecule has 0 bridgehead atoms. The summed E-state index contributed by atoms with van der Waals surface area (Å²) >= 11 is 0. The number of aromatic nitrogens is 2. The van der Waals surface area contributed by atoms with E-state index in [0.29, 0.717) is 18.8 Å². The van der Waals surface area contributed by atoms with E-state index in [4.69, 9.17) is 0 Å². The molecule has 1 aliphatic heterocycles. The van der Waals surface area contributed by atoms with E-state index in [1.165, 1.54) is 0 Å². The number of carbonyl (C=O) groups is 2. The fourth-order valence-electron chi connectivity index (χ4n) is 4.79. The van der Waals surface area contributed by atoms with Gasteiger partial charge in [-0.25, -0.2) is 18.1 Å². The molecule has 0 aliphatic carbocycles. The molecule has 3 aromatic rings. The van der Waals surface area contributed by atoms with Gasteiger partial charge in [0.05, 0.1) is 35.3 Å². The Labute approximate surface area is 224 Å². The van der Waals surface area contributed by atoms with Crippen LogP contribution in [0.2, 0.25) is 0 Å². The quantitative estimate of drug-likeness (QED) is 0.342. The van der Waals surface area contributed by atoms with Gasteiger partial charge in [-0.05, 0) is 49.8 Å². The van der Waals surface area contributed by atoms with Crippen LogP contribution in [-0.2, 0) is 19.6 Å². The number of nitrogens with one attached hydrogen (secondary N) is 3. The molecule has 4 rings (SSSR count). The smallest absolute Gasteiger partial charge is 0.239 e. The Morgan fingerprint density at radius 2 is 1.79 bits per heavy atom. The first kappa shape index (κ1) is 27.8. The molecule has 2 aromatic carbocycles. The molecule has 3 N–H and O–H groups in total. The van der Waals surface area contributed by atoms with Crippen LogP contribution >= 0.6 is 0 Å². The summed E-state index contributed by atoms with van der Waals surface area (Å²) in [6, 6.07) is 15.5. The number of hydrogen-bond donors (Lipinski definition) is 3. The summed E-state index contributed by atoms with van der Waals surface area (Å²) in [5, 5.41) is 2.85. The van der Waals surface area contributed by atoms with E-state index < -0.39 is 28.0 Å². The average Bonchev–Trinajstić information content (AvgIpc) is 3.55. The highest BCUT2D eigenvalue weighted by atomic mass is 32.2. The zero-order valence-corrected chi connectivity index (χ0v) is 23.0. The van der Waals surface area contributed by atoms with Crippen molar-refractivity contribution in [2.75, 3.05) is 12.3 Å². The van der Waals surface area contributed by atoms with Crippen LogP contribution in [0.5, 0.6) is 0 Å². The molecular weight excluding hydrogens is 502 g/mol. The number of aromatic amines is 1. The van der Waals surface area contributed by atoms with Crippen LogP contribution in [0.15, 0.2) is 54.6 Å². The van der Waals surface area contributed by atoms with E-state index in [-0.39, 0.29) is 30.0 Å². The summed E-state index contributed by atoms with van der Waals surface area (Å²) in [5.74, 6) is -0.187. The molecule has 1 fully saturated rings. The minimum absolute atomic E-state index is 0.0839. The largest absolute Gasteiger partial charge is 0.345 e. The molecule has 0 spiro atoms. The van der Waals surface area contributed by atoms with E-state index in [1.807, 2.05) is 68.4 Å². The van der Waals surface area contributed by atoms with Crippen molar-refractivity contribution in [1.29, 1.82) is 0 Å². The topological polar surface area (TPSA) is 124 Å². The van der Waals surface area contributed by atoms with Crippen LogP contribution in [-0.4, -0.2) is 53.4 Å². The summed E-state index contributed by atoms with van der Waals surface area (Å²) in [6.45, 7) is 6.22. The van der Waals surface area contributed by atoms with E-state index in [0.717, 1.165) is 29.4 Å². The highest BCUT2D eigenvalue weighted by molar-refractivity contribution is 7.89. The molecule has 38 heavy (non-hydrogen) atoms. The maximum absolute atomic E-state index is 13.5. The molecule has 1 aromatic heterocycles. The zero-order valence-electron chi connectivity index (χ0n) is 22.2. The van der Waals surface area contributed by atoms with Crippen LogP contribution in [0, 0.1) is 5.92 Å². The lowest BCUT2D eigenvalue weighted by molar-refractivity contribution is -0.135. The number of benzene rings is 2. The number of hydrogen-bond acceptors (Lipinski definition) is 5. The number of fused-ring (bicyclic) bond motifs is 1. The third kappa shape index (κ3) is 6.99. The number of carbonyl (C=O) groups excluding carboxylic acids is 2. The molecule has 1 saturated heterocycles. The van der Waals surface area contributed by atoms with Gasteiger partial charge in [-0.1, -0.05) is 56.3 Å². The van der Waals surface area contributed by atoms with Gasteiger partial charge < -0.3 is 15.2 Å². The third-order valence-electron chi connectivity index (χ3n) is 6.92. The van der Waals surface area contributed by atoms with Crippen molar-refractivity contribution in [1.82, 2.24) is 24.9 Å². The maximum atomic E-state index is 13.5. The monoisotopic (exact) mass is 539 g/mol. The van der Waals surface area contributed by atoms with Gasteiger partial charge in [-0.3, -0.25) is 9.59 Å². The van der Waals surface area contributed by atoms with E-state index in [9.17, 15) is 18.0 Å². The van der Waals surface area contributed by atoms with Crippen LogP contribution in [0.25, 0.3) is 11.0 Å². The van der Waals surface area contributed by atoms with Crippen molar-refractivity contribution < 1.29 is 18.0 Å². The van der Waals surface area contributed by atoms with Crippen molar-refractivity contribution in [3.8, 4) is 0 Å². The molecule has 0 saturated carbocycles. The van der Waals surface area contributed by atoms with Crippen LogP contribution < -0.4 is 10.0 Å². The second-order valence-electron chi connectivity index (χ2n) is 10.4. The molecule has 2 amide bonds. The van der Waals surface area contributed by atoms with E-state index >= 15 is 0 Å². The fraction of sp³-hybridized carbons (Fsp3) is 0.464. The standard InChI is InChI=1S/C28H37N5O4S/c1-19(2)15-17-38(36,37)32-24(18-26(34)33-16-9-14-25(33)21-10-5-4-6-11-21)28(35)29-20(3)27-30-22-12-7-8-13-23(22)31-27/h4-8,10-13,19-20,24-25,32H,9,14-18H2,1-3H3,(H,29,35)(H,30,31)/t20?,24?,25-/m1/s1. The van der Waals surface area contributed by atoms with Crippen molar-refractivity contribution in [3.05, 3.63) is 66.0 Å². The summed E-state index contributed by atoms with van der Waals surface area (Å²) in [4.78, 5) is 36.4. The number of H-pyrrole nitrogens is 1. The number of amides is 2. The highest BCUT2D eigenvalue weighted by Crippen LogP contribution is 2.32. The average molecular weight is 540 g/mol. The van der Waals surface area contributed by atoms with E-state index in [1.54, 1.807) is 11.8 Å². The lowest BCUT2D eigenvalue weighted by Gasteiger charge is -2.27. The molecule has 1 aliphatic rings. The number of likely N-dealkylation sites (tertiary alicyclic amines) is 1. The zero-order chi connectivity index (χ0) is 27.3. The Hall–Kier alpha value is -3.24. The van der Waals surface area contributed by atoms with E-state index in [2.05, 4.69) is 20.0 Å². The second-order valence-corrected chi connectivity index (χ2v) is 12.3. The SMILES string of the molecule is CC(C)CCS(=O)(=O)NC(CC(=O)N1CCC[C@@H]1c1ccccc1)C(=O)NC(C)c1nc2ccccc2[nH]1. The van der Waals surface area contributed by atoms with Gasteiger partial charge in [-0.2, -0.15) is 0 Å². The molecule has 204 valence electrons. The third-order valence-corrected chi connectivity index (χ3v) is 8.33. The summed E-state index contributed by atoms with van der Waals surface area (Å²) in [5.41, 5.74) is 2.65. The minimum Gasteiger partial charge on any atom is -0.345 e. The lowest BCUT2D eigenvalue weighted by Crippen LogP contribution is -2.50. The van der Waals surface area contributed by atoms with Gasteiger partial charge in [0, 0.05) is 6.54 Å². The highest BCUT2D eigenvalue weighted by Gasteiger charge is 2.34. The fourth-order valence-corrected chi connectivity index (χ4v) is 6.32. The Morgan fingerprint density at radius 3 is 2.50 bits per heavy atom. The van der Waals surface area contributed by atoms with Gasteiger partial charge in [0.15, 0.2) is 0 Å². The number of nitrogens with zero attached hydrogens (tertiary/aromatic N) is 2. The normalized spacial score (nSPS) is 17.6. The molecule has 9 nitrogen and oxygen atoms in total. The second kappa shape index (κ2) is 12.1. The van der Waals surface area contributed by atoms with Crippen LogP contribution in [0.3, 0.4) is 0 Å². The van der Waals surface area contributed by atoms with Crippen molar-refractivity contribution in [2.24, 2.45) is 5.92 Å². The molecule has 10 heteroatoms. The number of para-hydroxylation sites is 2. The van der Waals surface area contributed by atoms with Crippen molar-refractivity contribution in [2.45, 2.75) is 64.6 Å². The Morgan fingerprint density at radius 1 is 1.08 bits per heavy atom. The molecular formula is C28H37N5O4S. The van der Waals surface area contributed by atoms with Gasteiger partial charge in [0.25, 0.3) is 0 Å². The summed E-state index contributed by atoms with van der Waals surface area (Å²) in [6.07, 6.45) is 1.87. The maximum Gasteiger partial charge on any atom is 0.239 e. The van der Waals surface area contributed by atoms with Crippen molar-refractivity contribution >= 4 is 32.9 Å². The Bertz CT molecular complexity index is 1320. The van der Waals surface area contributed by atoms with Crippen molar-refractivity contribution in [3.63, 3.8) is 0 Å². The number of sulfonamides is 1. The minimum atomic E-state index is -3.78. The number of rotatable bonds is 11. The molecule has 3 atom stereocenters. The first-order valence-electron chi connectivity index (χ1n) is 13.2. The van der Waals surface area contributed by atoms with Gasteiger partial charge in [0.2, 0.25) is 21.8 Å².